The number of hydrogen-bond donors (Lipinski definition) is 0. The molecule has 3 nitrogen and oxygen atoms in total. The third-order valence-corrected chi connectivity index (χ3v) is 4.00. The Hall–Kier alpha value is -1.72. The lowest BCUT2D eigenvalue weighted by Crippen LogP contribution is -1.97. The van der Waals surface area contributed by atoms with Crippen LogP contribution in [0.4, 0.5) is 0 Å². The minimum Gasteiger partial charge on any atom is -0.288 e. The van der Waals surface area contributed by atoms with Gasteiger partial charge in [-0.05, 0) is 23.8 Å². The van der Waals surface area contributed by atoms with Gasteiger partial charge in [0.2, 0.25) is 5.78 Å². The van der Waals surface area contributed by atoms with Crippen molar-refractivity contribution in [2.24, 2.45) is 0 Å². The predicted octanol–water partition coefficient (Wildman–Crippen LogP) is 4.05. The maximum atomic E-state index is 12.1. The SMILES string of the molecule is O=C(C=Cc1ccc(Br)cc1)c1cnc2sccn12. The van der Waals surface area contributed by atoms with Gasteiger partial charge in [-0.15, -0.1) is 11.3 Å². The smallest absolute Gasteiger partial charge is 0.204 e. The fraction of sp³-hybridized carbons (Fsp3) is 0. The van der Waals surface area contributed by atoms with Gasteiger partial charge < -0.3 is 0 Å². The zero-order valence-electron chi connectivity index (χ0n) is 9.79. The highest BCUT2D eigenvalue weighted by atomic mass is 79.9. The van der Waals surface area contributed by atoms with Gasteiger partial charge >= 0.3 is 0 Å². The summed E-state index contributed by atoms with van der Waals surface area (Å²) in [5.74, 6) is -0.0474. The molecule has 19 heavy (non-hydrogen) atoms. The van der Waals surface area contributed by atoms with Crippen LogP contribution in [-0.2, 0) is 0 Å². The number of carbonyl (C=O) groups excluding carboxylic acids is 1. The summed E-state index contributed by atoms with van der Waals surface area (Å²) < 4.78 is 2.82. The molecular weight excluding hydrogens is 324 g/mol. The second kappa shape index (κ2) is 5.11. The van der Waals surface area contributed by atoms with E-state index in [4.69, 9.17) is 0 Å². The number of halogens is 1. The van der Waals surface area contributed by atoms with Gasteiger partial charge in [0.05, 0.1) is 6.20 Å². The molecule has 0 fully saturated rings. The summed E-state index contributed by atoms with van der Waals surface area (Å²) in [4.78, 5) is 17.1. The molecule has 1 aromatic carbocycles. The van der Waals surface area contributed by atoms with E-state index in [0.717, 1.165) is 15.0 Å². The van der Waals surface area contributed by atoms with Crippen molar-refractivity contribution in [3.8, 4) is 0 Å². The van der Waals surface area contributed by atoms with E-state index in [1.165, 1.54) is 11.3 Å². The van der Waals surface area contributed by atoms with Crippen LogP contribution in [0.15, 0.2) is 52.6 Å². The molecule has 0 atom stereocenters. The van der Waals surface area contributed by atoms with Gasteiger partial charge in [0, 0.05) is 16.0 Å². The number of fused-ring (bicyclic) bond motifs is 1. The van der Waals surface area contributed by atoms with Gasteiger partial charge in [-0.1, -0.05) is 34.1 Å². The molecule has 0 bridgehead atoms. The van der Waals surface area contributed by atoms with E-state index in [1.807, 2.05) is 35.8 Å². The zero-order valence-corrected chi connectivity index (χ0v) is 12.2. The maximum Gasteiger partial charge on any atom is 0.204 e. The van der Waals surface area contributed by atoms with Crippen molar-refractivity contribution in [1.29, 1.82) is 0 Å². The van der Waals surface area contributed by atoms with E-state index < -0.39 is 0 Å². The van der Waals surface area contributed by atoms with Crippen molar-refractivity contribution in [2.45, 2.75) is 0 Å². The molecular formula is C14H9BrN2OS. The molecule has 5 heteroatoms. The number of nitrogens with zero attached hydrogens (tertiary/aromatic N) is 2. The lowest BCUT2D eigenvalue weighted by Gasteiger charge is -1.94. The highest BCUT2D eigenvalue weighted by Crippen LogP contribution is 2.15. The first-order valence-electron chi connectivity index (χ1n) is 5.62. The summed E-state index contributed by atoms with van der Waals surface area (Å²) in [5.41, 5.74) is 1.58. The summed E-state index contributed by atoms with van der Waals surface area (Å²) in [7, 11) is 0. The highest BCUT2D eigenvalue weighted by molar-refractivity contribution is 9.10. The van der Waals surface area contributed by atoms with Gasteiger partial charge in [-0.2, -0.15) is 0 Å². The Bertz CT molecular complexity index is 755. The third-order valence-electron chi connectivity index (χ3n) is 2.70. The fourth-order valence-electron chi connectivity index (χ4n) is 1.74. The Morgan fingerprint density at radius 2 is 2.11 bits per heavy atom. The van der Waals surface area contributed by atoms with Crippen LogP contribution in [0.25, 0.3) is 11.0 Å². The topological polar surface area (TPSA) is 34.4 Å². The number of rotatable bonds is 3. The maximum absolute atomic E-state index is 12.1. The van der Waals surface area contributed by atoms with Gasteiger partial charge in [0.1, 0.15) is 5.69 Å². The summed E-state index contributed by atoms with van der Waals surface area (Å²) in [6.45, 7) is 0. The summed E-state index contributed by atoms with van der Waals surface area (Å²) in [6, 6.07) is 7.79. The number of ketones is 1. The quantitative estimate of drug-likeness (QED) is 0.535. The third kappa shape index (κ3) is 2.52. The second-order valence-electron chi connectivity index (χ2n) is 3.95. The van der Waals surface area contributed by atoms with Crippen molar-refractivity contribution >= 4 is 44.1 Å². The molecule has 2 aromatic heterocycles. The molecule has 0 aliphatic rings. The van der Waals surface area contributed by atoms with Crippen LogP contribution in [-0.4, -0.2) is 15.2 Å². The van der Waals surface area contributed by atoms with Crippen LogP contribution in [0.2, 0.25) is 0 Å². The van der Waals surface area contributed by atoms with Crippen molar-refractivity contribution in [3.63, 3.8) is 0 Å². The monoisotopic (exact) mass is 332 g/mol. The average Bonchev–Trinajstić information content (AvgIpc) is 3.00. The van der Waals surface area contributed by atoms with Crippen molar-refractivity contribution in [1.82, 2.24) is 9.38 Å². The van der Waals surface area contributed by atoms with E-state index in [1.54, 1.807) is 22.7 Å². The molecule has 3 rings (SSSR count). The first-order chi connectivity index (χ1) is 9.24. The van der Waals surface area contributed by atoms with Crippen molar-refractivity contribution < 1.29 is 4.79 Å². The molecule has 0 N–H and O–H groups in total. The molecule has 2 heterocycles. The molecule has 0 aliphatic carbocycles. The summed E-state index contributed by atoms with van der Waals surface area (Å²) >= 11 is 4.89. The average molecular weight is 333 g/mol. The second-order valence-corrected chi connectivity index (χ2v) is 5.74. The number of hydrogen-bond acceptors (Lipinski definition) is 3. The highest BCUT2D eigenvalue weighted by Gasteiger charge is 2.09. The van der Waals surface area contributed by atoms with Crippen LogP contribution in [0.1, 0.15) is 16.1 Å². The van der Waals surface area contributed by atoms with Gasteiger partial charge in [-0.25, -0.2) is 4.98 Å². The van der Waals surface area contributed by atoms with E-state index in [2.05, 4.69) is 20.9 Å². The minimum atomic E-state index is -0.0474. The molecule has 0 radical (unpaired) electrons. The molecule has 0 saturated carbocycles. The first kappa shape index (κ1) is 12.3. The van der Waals surface area contributed by atoms with E-state index >= 15 is 0 Å². The number of aromatic nitrogens is 2. The summed E-state index contributed by atoms with van der Waals surface area (Å²) in [5, 5.41) is 1.91. The number of imidazole rings is 1. The molecule has 0 spiro atoms. The van der Waals surface area contributed by atoms with E-state index in [-0.39, 0.29) is 5.78 Å². The van der Waals surface area contributed by atoms with Crippen molar-refractivity contribution in [2.75, 3.05) is 0 Å². The number of thiazole rings is 1. The van der Waals surface area contributed by atoms with E-state index in [0.29, 0.717) is 5.69 Å². The van der Waals surface area contributed by atoms with Crippen LogP contribution >= 0.6 is 27.3 Å². The fourth-order valence-corrected chi connectivity index (χ4v) is 2.70. The Kier molecular flexibility index (Phi) is 3.31. The van der Waals surface area contributed by atoms with Crippen LogP contribution in [0.3, 0.4) is 0 Å². The van der Waals surface area contributed by atoms with Crippen LogP contribution in [0, 0.1) is 0 Å². The number of allylic oxidation sites excluding steroid dienone is 1. The van der Waals surface area contributed by atoms with Crippen LogP contribution < -0.4 is 0 Å². The first-order valence-corrected chi connectivity index (χ1v) is 7.30. The Labute approximate surface area is 122 Å². The van der Waals surface area contributed by atoms with E-state index in [9.17, 15) is 4.79 Å². The molecule has 0 amide bonds. The normalized spacial score (nSPS) is 11.4. The molecule has 3 aromatic rings. The Morgan fingerprint density at radius 1 is 1.32 bits per heavy atom. The Balaban J connectivity index is 1.85. The standard InChI is InChI=1S/C14H9BrN2OS/c15-11-4-1-10(2-5-11)3-6-13(18)12-9-16-14-17(12)7-8-19-14/h1-9H. The zero-order chi connectivity index (χ0) is 13.2. The molecule has 0 saturated heterocycles. The summed E-state index contributed by atoms with van der Waals surface area (Å²) in [6.07, 6.45) is 6.85. The molecule has 0 unspecified atom stereocenters. The lowest BCUT2D eigenvalue weighted by molar-refractivity contribution is 0.104. The predicted molar refractivity (Wildman–Crippen MR) is 80.6 cm³/mol. The van der Waals surface area contributed by atoms with Gasteiger partial charge in [-0.3, -0.25) is 9.20 Å². The minimum absolute atomic E-state index is 0.0474. The molecule has 94 valence electrons. The largest absolute Gasteiger partial charge is 0.288 e. The number of carbonyl (C=O) groups is 1. The Morgan fingerprint density at radius 3 is 2.89 bits per heavy atom. The number of benzene rings is 1. The van der Waals surface area contributed by atoms with Crippen LogP contribution in [0.5, 0.6) is 0 Å². The lowest BCUT2D eigenvalue weighted by atomic mass is 10.2. The van der Waals surface area contributed by atoms with Crippen molar-refractivity contribution in [3.05, 3.63) is 63.8 Å². The van der Waals surface area contributed by atoms with Gasteiger partial charge in [0.25, 0.3) is 0 Å². The molecule has 0 aliphatic heterocycles. The van der Waals surface area contributed by atoms with Gasteiger partial charge in [0.15, 0.2) is 4.96 Å².